The fraction of sp³-hybridized carbons (Fsp3) is 0.375. The molecule has 0 saturated heterocycles. The van der Waals surface area contributed by atoms with Crippen molar-refractivity contribution in [1.29, 1.82) is 0 Å². The van der Waals surface area contributed by atoms with Gasteiger partial charge in [0.2, 0.25) is 0 Å². The standard InChI is InChI=1S/C16H17N3O2/c1-9-14(10(2)21-19-9)11-3-4-12-6-16(7-13(12)5-11)8-20-15(17)18-16/h3-5H,6-8H2,1-2H3,(H2,17,18). The Morgan fingerprint density at radius 3 is 2.67 bits per heavy atom. The van der Waals surface area contributed by atoms with Crippen molar-refractivity contribution in [1.82, 2.24) is 5.16 Å². The minimum absolute atomic E-state index is 0.191. The minimum atomic E-state index is -0.191. The van der Waals surface area contributed by atoms with Crippen LogP contribution in [0.15, 0.2) is 27.7 Å². The molecule has 2 aromatic rings. The average Bonchev–Trinajstić information content (AvgIpc) is 3.08. The molecular formula is C16H17N3O2. The van der Waals surface area contributed by atoms with Crippen LogP contribution in [0.2, 0.25) is 0 Å². The van der Waals surface area contributed by atoms with Gasteiger partial charge < -0.3 is 15.0 Å². The molecule has 2 N–H and O–H groups in total. The molecule has 2 heterocycles. The molecule has 2 aliphatic rings. The van der Waals surface area contributed by atoms with Gasteiger partial charge in [-0.3, -0.25) is 0 Å². The van der Waals surface area contributed by atoms with E-state index in [1.165, 1.54) is 11.1 Å². The van der Waals surface area contributed by atoms with Crippen LogP contribution in [0.25, 0.3) is 11.1 Å². The Hall–Kier alpha value is -2.30. The highest BCUT2D eigenvalue weighted by molar-refractivity contribution is 5.74. The largest absolute Gasteiger partial charge is 0.463 e. The van der Waals surface area contributed by atoms with Crippen LogP contribution in [-0.4, -0.2) is 23.3 Å². The summed E-state index contributed by atoms with van der Waals surface area (Å²) in [6, 6.07) is 6.84. The Morgan fingerprint density at radius 1 is 1.19 bits per heavy atom. The number of ether oxygens (including phenoxy) is 1. The van der Waals surface area contributed by atoms with Crippen molar-refractivity contribution in [3.05, 3.63) is 40.8 Å². The van der Waals surface area contributed by atoms with Crippen molar-refractivity contribution < 1.29 is 9.26 Å². The van der Waals surface area contributed by atoms with E-state index in [9.17, 15) is 0 Å². The first-order valence-corrected chi connectivity index (χ1v) is 7.09. The number of aliphatic imine (C=N–C) groups is 1. The van der Waals surface area contributed by atoms with E-state index >= 15 is 0 Å². The van der Waals surface area contributed by atoms with Crippen LogP contribution in [0.1, 0.15) is 22.6 Å². The molecule has 4 rings (SSSR count). The Morgan fingerprint density at radius 2 is 2.00 bits per heavy atom. The van der Waals surface area contributed by atoms with Gasteiger partial charge in [-0.15, -0.1) is 0 Å². The fourth-order valence-electron chi connectivity index (χ4n) is 3.47. The molecule has 1 unspecified atom stereocenters. The molecule has 1 aromatic carbocycles. The number of hydrogen-bond donors (Lipinski definition) is 1. The van der Waals surface area contributed by atoms with E-state index in [0.29, 0.717) is 12.6 Å². The van der Waals surface area contributed by atoms with Crippen LogP contribution in [0.4, 0.5) is 0 Å². The predicted octanol–water partition coefficient (Wildman–Crippen LogP) is 2.14. The van der Waals surface area contributed by atoms with E-state index in [-0.39, 0.29) is 5.54 Å². The number of rotatable bonds is 1. The SMILES string of the molecule is Cc1noc(C)c1-c1ccc2c(c1)CC1(COC(N)=N1)C2. The van der Waals surface area contributed by atoms with Crippen molar-refractivity contribution in [3.8, 4) is 11.1 Å². The van der Waals surface area contributed by atoms with Gasteiger partial charge in [0.05, 0.1) is 5.69 Å². The van der Waals surface area contributed by atoms with Crippen LogP contribution < -0.4 is 5.73 Å². The third kappa shape index (κ3) is 1.84. The zero-order valence-corrected chi connectivity index (χ0v) is 12.1. The molecule has 5 heteroatoms. The van der Waals surface area contributed by atoms with Gasteiger partial charge in [-0.1, -0.05) is 23.4 Å². The molecule has 1 atom stereocenters. The fourth-order valence-corrected chi connectivity index (χ4v) is 3.47. The highest BCUT2D eigenvalue weighted by atomic mass is 16.5. The molecule has 0 amide bonds. The summed E-state index contributed by atoms with van der Waals surface area (Å²) >= 11 is 0. The topological polar surface area (TPSA) is 73.6 Å². The highest BCUT2D eigenvalue weighted by Crippen LogP contribution is 2.38. The van der Waals surface area contributed by atoms with Crippen LogP contribution in [0.3, 0.4) is 0 Å². The molecule has 21 heavy (non-hydrogen) atoms. The van der Waals surface area contributed by atoms with Gasteiger partial charge in [-0.2, -0.15) is 0 Å². The summed E-state index contributed by atoms with van der Waals surface area (Å²) < 4.78 is 10.6. The maximum Gasteiger partial charge on any atom is 0.282 e. The second-order valence-electron chi connectivity index (χ2n) is 6.00. The molecular weight excluding hydrogens is 266 g/mol. The maximum absolute atomic E-state index is 5.68. The molecule has 0 bridgehead atoms. The zero-order valence-electron chi connectivity index (χ0n) is 12.1. The van der Waals surface area contributed by atoms with Crippen molar-refractivity contribution in [3.63, 3.8) is 0 Å². The molecule has 1 aliphatic carbocycles. The summed E-state index contributed by atoms with van der Waals surface area (Å²) in [5.74, 6) is 0.853. The van der Waals surface area contributed by atoms with Gasteiger partial charge in [0.15, 0.2) is 0 Å². The number of amidine groups is 1. The van der Waals surface area contributed by atoms with Crippen LogP contribution >= 0.6 is 0 Å². The average molecular weight is 283 g/mol. The number of aromatic nitrogens is 1. The van der Waals surface area contributed by atoms with Crippen LogP contribution in [0, 0.1) is 13.8 Å². The molecule has 1 spiro atoms. The summed E-state index contributed by atoms with van der Waals surface area (Å²) in [6.45, 7) is 4.49. The summed E-state index contributed by atoms with van der Waals surface area (Å²) in [4.78, 5) is 4.50. The Labute approximate surface area is 122 Å². The number of nitrogens with zero attached hydrogens (tertiary/aromatic N) is 2. The molecule has 5 nitrogen and oxygen atoms in total. The number of fused-ring (bicyclic) bond motifs is 1. The monoisotopic (exact) mass is 283 g/mol. The van der Waals surface area contributed by atoms with Crippen molar-refractivity contribution in [2.45, 2.75) is 32.2 Å². The lowest BCUT2D eigenvalue weighted by atomic mass is 9.98. The zero-order chi connectivity index (χ0) is 14.6. The van der Waals surface area contributed by atoms with Gasteiger partial charge in [0.25, 0.3) is 6.02 Å². The third-order valence-electron chi connectivity index (χ3n) is 4.40. The first-order valence-electron chi connectivity index (χ1n) is 7.09. The second-order valence-corrected chi connectivity index (χ2v) is 6.00. The van der Waals surface area contributed by atoms with E-state index in [1.54, 1.807) is 0 Å². The molecule has 1 aromatic heterocycles. The minimum Gasteiger partial charge on any atom is -0.463 e. The summed E-state index contributed by atoms with van der Waals surface area (Å²) in [5, 5.41) is 4.03. The summed E-state index contributed by atoms with van der Waals surface area (Å²) in [7, 11) is 0. The smallest absolute Gasteiger partial charge is 0.282 e. The molecule has 0 saturated carbocycles. The maximum atomic E-state index is 5.68. The van der Waals surface area contributed by atoms with Crippen molar-refractivity contribution in [2.75, 3.05) is 6.61 Å². The van der Waals surface area contributed by atoms with Gasteiger partial charge >= 0.3 is 0 Å². The van der Waals surface area contributed by atoms with Gasteiger partial charge in [0, 0.05) is 18.4 Å². The Kier molecular flexibility index (Phi) is 2.43. The van der Waals surface area contributed by atoms with Gasteiger partial charge in [0.1, 0.15) is 17.9 Å². The summed E-state index contributed by atoms with van der Waals surface area (Å²) in [6.07, 6.45) is 1.77. The lowest BCUT2D eigenvalue weighted by Crippen LogP contribution is -2.28. The first-order chi connectivity index (χ1) is 10.1. The van der Waals surface area contributed by atoms with E-state index in [0.717, 1.165) is 35.4 Å². The summed E-state index contributed by atoms with van der Waals surface area (Å²) in [5.41, 5.74) is 11.3. The van der Waals surface area contributed by atoms with E-state index in [1.807, 2.05) is 13.8 Å². The van der Waals surface area contributed by atoms with Crippen LogP contribution in [0.5, 0.6) is 0 Å². The molecule has 0 radical (unpaired) electrons. The second kappa shape index (κ2) is 4.10. The van der Waals surface area contributed by atoms with Crippen molar-refractivity contribution >= 4 is 6.02 Å². The number of benzene rings is 1. The quantitative estimate of drug-likeness (QED) is 0.870. The predicted molar refractivity (Wildman–Crippen MR) is 79.1 cm³/mol. The van der Waals surface area contributed by atoms with E-state index < -0.39 is 0 Å². The van der Waals surface area contributed by atoms with E-state index in [4.69, 9.17) is 15.0 Å². The third-order valence-corrected chi connectivity index (χ3v) is 4.40. The van der Waals surface area contributed by atoms with E-state index in [2.05, 4.69) is 28.3 Å². The van der Waals surface area contributed by atoms with Crippen LogP contribution in [-0.2, 0) is 17.6 Å². The highest BCUT2D eigenvalue weighted by Gasteiger charge is 2.41. The molecule has 1 aliphatic heterocycles. The number of hydrogen-bond acceptors (Lipinski definition) is 5. The van der Waals surface area contributed by atoms with Gasteiger partial charge in [-0.05, 0) is 30.5 Å². The number of nitrogens with two attached hydrogens (primary N) is 1. The lowest BCUT2D eigenvalue weighted by Gasteiger charge is -2.15. The van der Waals surface area contributed by atoms with Crippen molar-refractivity contribution in [2.24, 2.45) is 10.7 Å². The normalized spacial score (nSPS) is 23.2. The first kappa shape index (κ1) is 12.4. The Bertz CT molecular complexity index is 743. The molecule has 0 fully saturated rings. The Balaban J connectivity index is 1.74. The van der Waals surface area contributed by atoms with Gasteiger partial charge in [-0.25, -0.2) is 4.99 Å². The number of aryl methyl sites for hydroxylation is 2. The lowest BCUT2D eigenvalue weighted by molar-refractivity contribution is 0.258. The molecule has 108 valence electrons.